The molecule has 1 heterocycles. The normalized spacial score (nSPS) is 11.7. The molecule has 0 aliphatic heterocycles. The van der Waals surface area contributed by atoms with E-state index in [-0.39, 0.29) is 40.9 Å². The number of rotatable bonds is 10. The summed E-state index contributed by atoms with van der Waals surface area (Å²) in [4.78, 5) is 8.69. The first kappa shape index (κ1) is 26.2. The van der Waals surface area contributed by atoms with Crippen molar-refractivity contribution in [1.82, 2.24) is 9.97 Å². The van der Waals surface area contributed by atoms with E-state index in [1.807, 2.05) is 6.92 Å². The number of hydrogen-bond acceptors (Lipinski definition) is 8. The van der Waals surface area contributed by atoms with E-state index >= 15 is 0 Å². The Kier molecular flexibility index (Phi) is 8.18. The Hall–Kier alpha value is -3.37. The van der Waals surface area contributed by atoms with Crippen molar-refractivity contribution in [3.63, 3.8) is 0 Å². The number of ether oxygens (including phenoxy) is 3. The third kappa shape index (κ3) is 6.61. The van der Waals surface area contributed by atoms with E-state index in [9.17, 15) is 8.42 Å². The second-order valence-corrected chi connectivity index (χ2v) is 10.4. The highest BCUT2D eigenvalue weighted by molar-refractivity contribution is 7.92. The smallest absolute Gasteiger partial charge is 0.263 e. The maximum absolute atomic E-state index is 13.3. The van der Waals surface area contributed by atoms with Gasteiger partial charge in [-0.25, -0.2) is 13.4 Å². The van der Waals surface area contributed by atoms with Crippen LogP contribution in [0.5, 0.6) is 23.1 Å². The van der Waals surface area contributed by atoms with Crippen LogP contribution < -0.4 is 24.7 Å². The molecule has 0 atom stereocenters. The van der Waals surface area contributed by atoms with Crippen LogP contribution in [0.2, 0.25) is 0 Å². The summed E-state index contributed by atoms with van der Waals surface area (Å²) in [7, 11) is -4.00. The zero-order valence-electron chi connectivity index (χ0n) is 20.7. The SMILES string of the molecule is CCOc1ccccc1Oc1c(NS(=O)(=O)c2ccc(C(C)(C)C)cc2)nc(C)nc1OCCN. The van der Waals surface area contributed by atoms with Gasteiger partial charge < -0.3 is 19.9 Å². The number of anilines is 1. The molecule has 0 aliphatic carbocycles. The molecule has 9 nitrogen and oxygen atoms in total. The van der Waals surface area contributed by atoms with E-state index in [4.69, 9.17) is 19.9 Å². The number of aryl methyl sites for hydroxylation is 1. The van der Waals surface area contributed by atoms with Crippen LogP contribution in [0.4, 0.5) is 5.82 Å². The molecule has 2 aromatic carbocycles. The van der Waals surface area contributed by atoms with E-state index in [0.29, 0.717) is 23.9 Å². The standard InChI is InChI=1S/C25H32N4O5S/c1-6-32-20-9-7-8-10-21(20)34-22-23(27-17(2)28-24(22)33-16-15-26)29-35(30,31)19-13-11-18(12-14-19)25(3,4)5/h7-14H,6,15-16,26H2,1-5H3,(H,27,28,29). The van der Waals surface area contributed by atoms with Crippen LogP contribution in [0.25, 0.3) is 0 Å². The van der Waals surface area contributed by atoms with Gasteiger partial charge in [-0.15, -0.1) is 0 Å². The molecule has 0 aliphatic rings. The van der Waals surface area contributed by atoms with Crippen molar-refractivity contribution in [1.29, 1.82) is 0 Å². The first-order valence-electron chi connectivity index (χ1n) is 11.3. The van der Waals surface area contributed by atoms with Crippen LogP contribution in [-0.4, -0.2) is 38.1 Å². The van der Waals surface area contributed by atoms with Gasteiger partial charge in [-0.2, -0.15) is 4.98 Å². The van der Waals surface area contributed by atoms with Crippen LogP contribution in [0.15, 0.2) is 53.4 Å². The molecule has 10 heteroatoms. The molecule has 3 N–H and O–H groups in total. The second kappa shape index (κ2) is 10.9. The Morgan fingerprint density at radius 3 is 2.23 bits per heavy atom. The van der Waals surface area contributed by atoms with Crippen LogP contribution in [0.1, 0.15) is 39.1 Å². The third-order valence-corrected chi connectivity index (χ3v) is 6.28. The zero-order valence-corrected chi connectivity index (χ0v) is 21.5. The number of nitrogens with two attached hydrogens (primary N) is 1. The summed E-state index contributed by atoms with van der Waals surface area (Å²) in [6.07, 6.45) is 0. The van der Waals surface area contributed by atoms with Gasteiger partial charge in [0.15, 0.2) is 17.3 Å². The fourth-order valence-electron chi connectivity index (χ4n) is 3.19. The number of nitrogens with one attached hydrogen (secondary N) is 1. The topological polar surface area (TPSA) is 126 Å². The van der Waals surface area contributed by atoms with Crippen molar-refractivity contribution < 1.29 is 22.6 Å². The van der Waals surface area contributed by atoms with Crippen molar-refractivity contribution in [3.8, 4) is 23.1 Å². The molecule has 0 bridgehead atoms. The lowest BCUT2D eigenvalue weighted by molar-refractivity contribution is 0.290. The molecular weight excluding hydrogens is 468 g/mol. The molecule has 0 unspecified atom stereocenters. The first-order valence-corrected chi connectivity index (χ1v) is 12.8. The Morgan fingerprint density at radius 2 is 1.63 bits per heavy atom. The van der Waals surface area contributed by atoms with E-state index in [1.54, 1.807) is 55.5 Å². The monoisotopic (exact) mass is 500 g/mol. The van der Waals surface area contributed by atoms with Gasteiger partial charge in [-0.3, -0.25) is 4.72 Å². The minimum atomic E-state index is -4.00. The van der Waals surface area contributed by atoms with Crippen LogP contribution in [0, 0.1) is 6.92 Å². The average molecular weight is 501 g/mol. The van der Waals surface area contributed by atoms with Gasteiger partial charge in [-0.1, -0.05) is 45.0 Å². The third-order valence-electron chi connectivity index (χ3n) is 4.93. The van der Waals surface area contributed by atoms with Crippen molar-refractivity contribution >= 4 is 15.8 Å². The highest BCUT2D eigenvalue weighted by Gasteiger charge is 2.25. The molecule has 3 aromatic rings. The van der Waals surface area contributed by atoms with Gasteiger partial charge in [0.1, 0.15) is 12.4 Å². The van der Waals surface area contributed by atoms with Crippen molar-refractivity contribution in [2.45, 2.75) is 44.9 Å². The van der Waals surface area contributed by atoms with E-state index < -0.39 is 10.0 Å². The second-order valence-electron chi connectivity index (χ2n) is 8.75. The van der Waals surface area contributed by atoms with E-state index in [0.717, 1.165) is 5.56 Å². The summed E-state index contributed by atoms with van der Waals surface area (Å²) in [6.45, 7) is 10.5. The van der Waals surface area contributed by atoms with Crippen LogP contribution in [-0.2, 0) is 15.4 Å². The highest BCUT2D eigenvalue weighted by Crippen LogP contribution is 2.40. The van der Waals surface area contributed by atoms with Crippen LogP contribution >= 0.6 is 0 Å². The molecular formula is C25H32N4O5S. The molecule has 0 saturated heterocycles. The van der Waals surface area contributed by atoms with Gasteiger partial charge >= 0.3 is 0 Å². The van der Waals surface area contributed by atoms with Gasteiger partial charge in [0.25, 0.3) is 15.9 Å². The Balaban J connectivity index is 2.04. The lowest BCUT2D eigenvalue weighted by atomic mass is 9.87. The minimum absolute atomic E-state index is 0.00564. The maximum Gasteiger partial charge on any atom is 0.263 e. The largest absolute Gasteiger partial charge is 0.490 e. The van der Waals surface area contributed by atoms with Crippen molar-refractivity contribution in [2.75, 3.05) is 24.5 Å². The summed E-state index contributed by atoms with van der Waals surface area (Å²) in [5, 5.41) is 0. The summed E-state index contributed by atoms with van der Waals surface area (Å²) in [6, 6.07) is 13.7. The molecule has 0 fully saturated rings. The number of benzene rings is 2. The molecule has 3 rings (SSSR count). The number of hydrogen-bond donors (Lipinski definition) is 2. The number of nitrogens with zero attached hydrogens (tertiary/aromatic N) is 2. The molecule has 0 saturated carbocycles. The van der Waals surface area contributed by atoms with Gasteiger partial charge in [0.2, 0.25) is 5.75 Å². The predicted octanol–water partition coefficient (Wildman–Crippen LogP) is 4.41. The van der Waals surface area contributed by atoms with Crippen molar-refractivity contribution in [3.05, 3.63) is 59.9 Å². The molecule has 1 aromatic heterocycles. The average Bonchev–Trinajstić information content (AvgIpc) is 2.80. The number of aromatic nitrogens is 2. The number of sulfonamides is 1. The Bertz CT molecular complexity index is 1260. The Labute approximate surface area is 206 Å². The molecule has 0 amide bonds. The summed E-state index contributed by atoms with van der Waals surface area (Å²) in [5.41, 5.74) is 6.51. The summed E-state index contributed by atoms with van der Waals surface area (Å²) in [5.74, 6) is 1.14. The lowest BCUT2D eigenvalue weighted by Gasteiger charge is -2.20. The minimum Gasteiger partial charge on any atom is -0.490 e. The molecule has 188 valence electrons. The molecule has 35 heavy (non-hydrogen) atoms. The fourth-order valence-corrected chi connectivity index (χ4v) is 4.20. The number of para-hydroxylation sites is 2. The Morgan fingerprint density at radius 1 is 0.971 bits per heavy atom. The fraction of sp³-hybridized carbons (Fsp3) is 0.360. The van der Waals surface area contributed by atoms with Crippen LogP contribution in [0.3, 0.4) is 0 Å². The van der Waals surface area contributed by atoms with Gasteiger partial charge in [0.05, 0.1) is 11.5 Å². The maximum atomic E-state index is 13.3. The predicted molar refractivity (Wildman–Crippen MR) is 135 cm³/mol. The lowest BCUT2D eigenvalue weighted by Crippen LogP contribution is -2.18. The summed E-state index contributed by atoms with van der Waals surface area (Å²) >= 11 is 0. The first-order chi connectivity index (χ1) is 16.5. The molecule has 0 radical (unpaired) electrons. The van der Waals surface area contributed by atoms with Crippen molar-refractivity contribution in [2.24, 2.45) is 5.73 Å². The van der Waals surface area contributed by atoms with E-state index in [2.05, 4.69) is 35.5 Å². The molecule has 0 spiro atoms. The van der Waals surface area contributed by atoms with Gasteiger partial charge in [-0.05, 0) is 49.1 Å². The van der Waals surface area contributed by atoms with Gasteiger partial charge in [0, 0.05) is 6.54 Å². The quantitative estimate of drug-likeness (QED) is 0.419. The summed E-state index contributed by atoms with van der Waals surface area (Å²) < 4.78 is 46.4. The van der Waals surface area contributed by atoms with E-state index in [1.165, 1.54) is 0 Å². The highest BCUT2D eigenvalue weighted by atomic mass is 32.2. The zero-order chi connectivity index (χ0) is 25.6.